The third-order valence-corrected chi connectivity index (χ3v) is 4.15. The topological polar surface area (TPSA) is 52.0 Å². The molecule has 0 spiro atoms. The monoisotopic (exact) mass is 348 g/mol. The number of nitrogens with two attached hydrogens (primary N) is 2. The second-order valence-electron chi connectivity index (χ2n) is 4.38. The van der Waals surface area contributed by atoms with Crippen LogP contribution in [0.1, 0.15) is 23.2 Å². The minimum absolute atomic E-state index is 0.477. The van der Waals surface area contributed by atoms with E-state index in [1.54, 1.807) is 36.4 Å². The zero-order chi connectivity index (χ0) is 14.9. The highest BCUT2D eigenvalue weighted by atomic mass is 35.5. The van der Waals surface area contributed by atoms with E-state index in [9.17, 15) is 0 Å². The second kappa shape index (κ2) is 6.52. The summed E-state index contributed by atoms with van der Waals surface area (Å²) in [5.41, 5.74) is 13.8. The summed E-state index contributed by atoms with van der Waals surface area (Å²) in [7, 11) is 0. The van der Waals surface area contributed by atoms with Gasteiger partial charge in [0.05, 0.1) is 12.1 Å². The lowest BCUT2D eigenvalue weighted by Gasteiger charge is -2.22. The molecule has 0 saturated carbocycles. The first kappa shape index (κ1) is 15.9. The summed E-state index contributed by atoms with van der Waals surface area (Å²) < 4.78 is 0. The van der Waals surface area contributed by atoms with Gasteiger partial charge in [0.2, 0.25) is 0 Å². The van der Waals surface area contributed by atoms with Gasteiger partial charge in [0.1, 0.15) is 0 Å². The molecule has 2 aromatic carbocycles. The van der Waals surface area contributed by atoms with E-state index in [1.165, 1.54) is 0 Å². The Bertz CT molecular complexity index is 575. The van der Waals surface area contributed by atoms with Crippen LogP contribution in [-0.4, -0.2) is 0 Å². The molecule has 0 radical (unpaired) electrons. The van der Waals surface area contributed by atoms with Crippen molar-refractivity contribution in [2.45, 2.75) is 12.1 Å². The van der Waals surface area contributed by atoms with E-state index in [2.05, 4.69) is 0 Å². The maximum absolute atomic E-state index is 6.18. The van der Waals surface area contributed by atoms with Crippen LogP contribution in [0, 0.1) is 0 Å². The molecule has 0 aliphatic heterocycles. The summed E-state index contributed by atoms with van der Waals surface area (Å²) >= 11 is 24.0. The Labute approximate surface area is 137 Å². The van der Waals surface area contributed by atoms with Crippen LogP contribution in [0.3, 0.4) is 0 Å². The third-order valence-electron chi connectivity index (χ3n) is 3.03. The van der Waals surface area contributed by atoms with Gasteiger partial charge in [-0.3, -0.25) is 0 Å². The van der Waals surface area contributed by atoms with Gasteiger partial charge in [0.25, 0.3) is 0 Å². The van der Waals surface area contributed by atoms with Gasteiger partial charge in [-0.25, -0.2) is 0 Å². The molecule has 0 aromatic heterocycles. The summed E-state index contributed by atoms with van der Waals surface area (Å²) in [6, 6.07) is 9.23. The fourth-order valence-corrected chi connectivity index (χ4v) is 3.00. The van der Waals surface area contributed by atoms with Crippen molar-refractivity contribution in [3.63, 3.8) is 0 Å². The maximum Gasteiger partial charge on any atom is 0.0506 e. The largest absolute Gasteiger partial charge is 0.322 e. The summed E-state index contributed by atoms with van der Waals surface area (Å²) in [5, 5.41) is 2.05. The van der Waals surface area contributed by atoms with Crippen molar-refractivity contribution in [3.05, 3.63) is 67.6 Å². The van der Waals surface area contributed by atoms with E-state index in [0.717, 1.165) is 11.1 Å². The van der Waals surface area contributed by atoms with Gasteiger partial charge in [0.15, 0.2) is 0 Å². The lowest BCUT2D eigenvalue weighted by Crippen LogP contribution is -2.27. The molecule has 0 amide bonds. The number of hydrogen-bond acceptors (Lipinski definition) is 2. The molecule has 4 N–H and O–H groups in total. The van der Waals surface area contributed by atoms with Crippen LogP contribution in [0.4, 0.5) is 0 Å². The smallest absolute Gasteiger partial charge is 0.0506 e. The average Bonchev–Trinajstić information content (AvgIpc) is 2.37. The van der Waals surface area contributed by atoms with E-state index in [4.69, 9.17) is 57.9 Å². The molecular formula is C14H12Cl4N2. The lowest BCUT2D eigenvalue weighted by atomic mass is 9.95. The molecule has 2 aromatic rings. The van der Waals surface area contributed by atoms with Gasteiger partial charge < -0.3 is 11.5 Å². The summed E-state index contributed by atoms with van der Waals surface area (Å²) in [6.45, 7) is 0. The van der Waals surface area contributed by atoms with E-state index >= 15 is 0 Å². The van der Waals surface area contributed by atoms with Crippen molar-refractivity contribution in [2.24, 2.45) is 11.5 Å². The molecule has 0 bridgehead atoms. The van der Waals surface area contributed by atoms with Gasteiger partial charge in [0, 0.05) is 20.1 Å². The van der Waals surface area contributed by atoms with Crippen LogP contribution in [0.5, 0.6) is 0 Å². The van der Waals surface area contributed by atoms with Crippen molar-refractivity contribution < 1.29 is 0 Å². The maximum atomic E-state index is 6.18. The normalized spacial score (nSPS) is 14.1. The molecule has 0 heterocycles. The first-order chi connectivity index (χ1) is 9.40. The Kier molecular flexibility index (Phi) is 5.19. The van der Waals surface area contributed by atoms with Gasteiger partial charge >= 0.3 is 0 Å². The molecule has 2 nitrogen and oxygen atoms in total. The zero-order valence-corrected chi connectivity index (χ0v) is 13.3. The Morgan fingerprint density at radius 2 is 1.00 bits per heavy atom. The van der Waals surface area contributed by atoms with Crippen molar-refractivity contribution in [2.75, 3.05) is 0 Å². The minimum atomic E-state index is -0.501. The molecule has 0 aliphatic rings. The zero-order valence-electron chi connectivity index (χ0n) is 10.3. The second-order valence-corrected chi connectivity index (χ2v) is 6.07. The van der Waals surface area contributed by atoms with Crippen LogP contribution in [-0.2, 0) is 0 Å². The summed E-state index contributed by atoms with van der Waals surface area (Å²) in [5.74, 6) is 0. The van der Waals surface area contributed by atoms with Crippen molar-refractivity contribution in [1.82, 2.24) is 0 Å². The average molecular weight is 350 g/mol. The summed E-state index contributed by atoms with van der Waals surface area (Å²) in [6.07, 6.45) is 0. The molecule has 106 valence electrons. The number of benzene rings is 2. The van der Waals surface area contributed by atoms with Gasteiger partial charge in [-0.05, 0) is 35.4 Å². The van der Waals surface area contributed by atoms with E-state index in [0.29, 0.717) is 20.1 Å². The van der Waals surface area contributed by atoms with Gasteiger partial charge in [-0.15, -0.1) is 0 Å². The first-order valence-electron chi connectivity index (χ1n) is 5.81. The van der Waals surface area contributed by atoms with E-state index in [-0.39, 0.29) is 0 Å². The van der Waals surface area contributed by atoms with Crippen molar-refractivity contribution >= 4 is 46.4 Å². The van der Waals surface area contributed by atoms with Crippen LogP contribution in [0.25, 0.3) is 0 Å². The number of rotatable bonds is 3. The van der Waals surface area contributed by atoms with E-state index in [1.807, 2.05) is 0 Å². The van der Waals surface area contributed by atoms with Crippen LogP contribution < -0.4 is 11.5 Å². The molecule has 20 heavy (non-hydrogen) atoms. The molecule has 2 rings (SSSR count). The lowest BCUT2D eigenvalue weighted by molar-refractivity contribution is 0.575. The molecule has 0 fully saturated rings. The molecule has 0 aliphatic carbocycles. The van der Waals surface area contributed by atoms with E-state index < -0.39 is 12.1 Å². The predicted molar refractivity (Wildman–Crippen MR) is 86.8 cm³/mol. The Hall–Kier alpha value is -0.480. The highest BCUT2D eigenvalue weighted by molar-refractivity contribution is 6.35. The van der Waals surface area contributed by atoms with Gasteiger partial charge in [-0.2, -0.15) is 0 Å². The predicted octanol–water partition coefficient (Wildman–Crippen LogP) is 5.00. The Morgan fingerprint density at radius 1 is 0.650 bits per heavy atom. The fraction of sp³-hybridized carbons (Fsp3) is 0.143. The van der Waals surface area contributed by atoms with Crippen LogP contribution >= 0.6 is 46.4 Å². The minimum Gasteiger partial charge on any atom is -0.322 e. The Balaban J connectivity index is 2.34. The molecule has 0 unspecified atom stereocenters. The van der Waals surface area contributed by atoms with Crippen molar-refractivity contribution in [3.8, 4) is 0 Å². The number of halogens is 4. The molecular weight excluding hydrogens is 338 g/mol. The molecule has 6 heteroatoms. The molecule has 0 saturated heterocycles. The number of hydrogen-bond donors (Lipinski definition) is 2. The summed E-state index contributed by atoms with van der Waals surface area (Å²) in [4.78, 5) is 0. The van der Waals surface area contributed by atoms with Gasteiger partial charge in [-0.1, -0.05) is 58.5 Å². The fourth-order valence-electron chi connectivity index (χ4n) is 1.93. The third kappa shape index (κ3) is 3.40. The quantitative estimate of drug-likeness (QED) is 0.819. The SMILES string of the molecule is N[C@H](c1ccc(Cl)cc1Cl)[C@H](N)c1ccc(Cl)cc1Cl. The first-order valence-corrected chi connectivity index (χ1v) is 7.32. The Morgan fingerprint density at radius 3 is 1.30 bits per heavy atom. The van der Waals surface area contributed by atoms with Crippen LogP contribution in [0.15, 0.2) is 36.4 Å². The highest BCUT2D eigenvalue weighted by Crippen LogP contribution is 2.34. The molecule has 2 atom stereocenters. The standard InChI is InChI=1S/C14H12Cl4N2/c15-7-1-3-9(11(17)5-7)13(19)14(20)10-4-2-8(16)6-12(10)18/h1-6,13-14H,19-20H2/t13-,14-/m1/s1. The van der Waals surface area contributed by atoms with Crippen LogP contribution in [0.2, 0.25) is 20.1 Å². The van der Waals surface area contributed by atoms with Crippen molar-refractivity contribution in [1.29, 1.82) is 0 Å². The highest BCUT2D eigenvalue weighted by Gasteiger charge is 2.21.